The monoisotopic (exact) mass is 249 g/mol. The van der Waals surface area contributed by atoms with Gasteiger partial charge in [-0.05, 0) is 22.6 Å². The molecule has 0 aliphatic heterocycles. The molecule has 1 aromatic heterocycles. The van der Waals surface area contributed by atoms with E-state index in [4.69, 9.17) is 5.73 Å². The summed E-state index contributed by atoms with van der Waals surface area (Å²) in [7, 11) is 0. The van der Waals surface area contributed by atoms with Crippen molar-refractivity contribution in [3.63, 3.8) is 0 Å². The Hall–Kier alpha value is -1.20. The second-order valence-corrected chi connectivity index (χ2v) is 4.79. The standard InChI is InChI=1S/C13H15NO2S/c14-7-11(15)13(16)12-6-10(8-17-12)9-4-2-1-3-5-9/h1-6,8,11,13,15-16H,7,14H2. The van der Waals surface area contributed by atoms with E-state index in [1.54, 1.807) is 0 Å². The molecule has 3 nitrogen and oxygen atoms in total. The van der Waals surface area contributed by atoms with E-state index in [1.807, 2.05) is 41.8 Å². The first kappa shape index (κ1) is 12.3. The molecule has 0 fully saturated rings. The van der Waals surface area contributed by atoms with Crippen molar-refractivity contribution in [3.8, 4) is 11.1 Å². The molecule has 2 rings (SSSR count). The van der Waals surface area contributed by atoms with Crippen LogP contribution in [0.5, 0.6) is 0 Å². The van der Waals surface area contributed by atoms with E-state index in [1.165, 1.54) is 11.3 Å². The average molecular weight is 249 g/mol. The van der Waals surface area contributed by atoms with Gasteiger partial charge in [0.05, 0.1) is 6.10 Å². The average Bonchev–Trinajstić information content (AvgIpc) is 2.87. The number of hydrogen-bond donors (Lipinski definition) is 3. The van der Waals surface area contributed by atoms with E-state index in [2.05, 4.69) is 0 Å². The quantitative estimate of drug-likeness (QED) is 0.773. The van der Waals surface area contributed by atoms with Crippen molar-refractivity contribution in [2.45, 2.75) is 12.2 Å². The molecule has 1 aromatic carbocycles. The van der Waals surface area contributed by atoms with Gasteiger partial charge in [-0.3, -0.25) is 0 Å². The van der Waals surface area contributed by atoms with Crippen molar-refractivity contribution in [2.24, 2.45) is 5.73 Å². The molecule has 0 radical (unpaired) electrons. The van der Waals surface area contributed by atoms with Crippen molar-refractivity contribution in [2.75, 3.05) is 6.54 Å². The van der Waals surface area contributed by atoms with Crippen molar-refractivity contribution in [3.05, 3.63) is 46.7 Å². The van der Waals surface area contributed by atoms with Crippen LogP contribution in [-0.4, -0.2) is 22.9 Å². The Kier molecular flexibility index (Phi) is 3.91. The number of thiophene rings is 1. The van der Waals surface area contributed by atoms with Crippen LogP contribution in [0.4, 0.5) is 0 Å². The summed E-state index contributed by atoms with van der Waals surface area (Å²) in [4.78, 5) is 0.738. The van der Waals surface area contributed by atoms with E-state index in [0.29, 0.717) is 0 Å². The minimum atomic E-state index is -0.905. The molecule has 4 N–H and O–H groups in total. The summed E-state index contributed by atoms with van der Waals surface area (Å²) in [5, 5.41) is 21.3. The molecule has 0 spiro atoms. The molecule has 17 heavy (non-hydrogen) atoms. The van der Waals surface area contributed by atoms with Crippen LogP contribution in [0.3, 0.4) is 0 Å². The first-order valence-electron chi connectivity index (χ1n) is 5.42. The van der Waals surface area contributed by atoms with E-state index >= 15 is 0 Å². The van der Waals surface area contributed by atoms with Crippen LogP contribution in [-0.2, 0) is 0 Å². The highest BCUT2D eigenvalue weighted by atomic mass is 32.1. The van der Waals surface area contributed by atoms with Crippen molar-refractivity contribution in [1.82, 2.24) is 0 Å². The summed E-state index contributed by atoms with van der Waals surface area (Å²) >= 11 is 1.43. The fourth-order valence-corrected chi connectivity index (χ4v) is 2.57. The first-order valence-corrected chi connectivity index (χ1v) is 6.30. The summed E-state index contributed by atoms with van der Waals surface area (Å²) < 4.78 is 0. The Morgan fingerprint density at radius 3 is 2.47 bits per heavy atom. The molecule has 0 saturated heterocycles. The molecular weight excluding hydrogens is 234 g/mol. The van der Waals surface area contributed by atoms with Crippen molar-refractivity contribution >= 4 is 11.3 Å². The van der Waals surface area contributed by atoms with Gasteiger partial charge in [0.2, 0.25) is 0 Å². The number of aliphatic hydroxyl groups is 2. The zero-order valence-electron chi connectivity index (χ0n) is 9.28. The summed E-state index contributed by atoms with van der Waals surface area (Å²) in [6.45, 7) is 0.0553. The lowest BCUT2D eigenvalue weighted by atomic mass is 10.1. The molecule has 0 aliphatic carbocycles. The van der Waals surface area contributed by atoms with Crippen LogP contribution in [0, 0.1) is 0 Å². The molecule has 2 atom stereocenters. The van der Waals surface area contributed by atoms with Gasteiger partial charge in [0.25, 0.3) is 0 Å². The van der Waals surface area contributed by atoms with Crippen LogP contribution in [0.2, 0.25) is 0 Å². The highest BCUT2D eigenvalue weighted by Gasteiger charge is 2.18. The lowest BCUT2D eigenvalue weighted by Gasteiger charge is -2.13. The van der Waals surface area contributed by atoms with Crippen LogP contribution in [0.25, 0.3) is 11.1 Å². The molecule has 0 saturated carbocycles. The Labute approximate surface area is 104 Å². The third-order valence-electron chi connectivity index (χ3n) is 2.62. The first-order chi connectivity index (χ1) is 8.22. The Morgan fingerprint density at radius 1 is 1.12 bits per heavy atom. The van der Waals surface area contributed by atoms with Gasteiger partial charge >= 0.3 is 0 Å². The SMILES string of the molecule is NCC(O)C(O)c1cc(-c2ccccc2)cs1. The number of hydrogen-bond acceptors (Lipinski definition) is 4. The lowest BCUT2D eigenvalue weighted by Crippen LogP contribution is -2.26. The smallest absolute Gasteiger partial charge is 0.115 e. The van der Waals surface area contributed by atoms with E-state index < -0.39 is 12.2 Å². The highest BCUT2D eigenvalue weighted by Crippen LogP contribution is 2.30. The van der Waals surface area contributed by atoms with E-state index in [-0.39, 0.29) is 6.54 Å². The molecular formula is C13H15NO2S. The van der Waals surface area contributed by atoms with Crippen LogP contribution in [0.15, 0.2) is 41.8 Å². The maximum Gasteiger partial charge on any atom is 0.115 e. The number of nitrogens with two attached hydrogens (primary N) is 1. The second-order valence-electron chi connectivity index (χ2n) is 3.85. The topological polar surface area (TPSA) is 66.5 Å². The zero-order chi connectivity index (χ0) is 12.3. The van der Waals surface area contributed by atoms with E-state index in [9.17, 15) is 10.2 Å². The normalized spacial score (nSPS) is 14.5. The fourth-order valence-electron chi connectivity index (χ4n) is 1.61. The largest absolute Gasteiger partial charge is 0.389 e. The van der Waals surface area contributed by atoms with Crippen LogP contribution >= 0.6 is 11.3 Å². The maximum absolute atomic E-state index is 9.83. The van der Waals surface area contributed by atoms with Gasteiger partial charge in [0.1, 0.15) is 6.10 Å². The Morgan fingerprint density at radius 2 is 1.82 bits per heavy atom. The summed E-state index contributed by atoms with van der Waals surface area (Å²) in [5.41, 5.74) is 7.47. The molecule has 4 heteroatoms. The molecule has 90 valence electrons. The van der Waals surface area contributed by atoms with E-state index in [0.717, 1.165) is 16.0 Å². The Bertz CT molecular complexity index is 469. The molecule has 1 heterocycles. The molecule has 0 aliphatic rings. The third kappa shape index (κ3) is 2.73. The number of aliphatic hydroxyl groups excluding tert-OH is 2. The van der Waals surface area contributed by atoms with Gasteiger partial charge in [-0.2, -0.15) is 0 Å². The number of rotatable bonds is 4. The lowest BCUT2D eigenvalue weighted by molar-refractivity contribution is 0.0266. The van der Waals surface area contributed by atoms with Crippen molar-refractivity contribution < 1.29 is 10.2 Å². The third-order valence-corrected chi connectivity index (χ3v) is 3.63. The maximum atomic E-state index is 9.83. The predicted molar refractivity (Wildman–Crippen MR) is 69.8 cm³/mol. The van der Waals surface area contributed by atoms with Crippen LogP contribution < -0.4 is 5.73 Å². The van der Waals surface area contributed by atoms with Gasteiger partial charge in [-0.1, -0.05) is 30.3 Å². The minimum absolute atomic E-state index is 0.0553. The fraction of sp³-hybridized carbons (Fsp3) is 0.231. The Balaban J connectivity index is 2.22. The van der Waals surface area contributed by atoms with Gasteiger partial charge in [0, 0.05) is 11.4 Å². The molecule has 0 amide bonds. The van der Waals surface area contributed by atoms with Gasteiger partial charge in [-0.25, -0.2) is 0 Å². The second kappa shape index (κ2) is 5.42. The van der Waals surface area contributed by atoms with Gasteiger partial charge in [0.15, 0.2) is 0 Å². The highest BCUT2D eigenvalue weighted by molar-refractivity contribution is 7.10. The minimum Gasteiger partial charge on any atom is -0.389 e. The predicted octanol–water partition coefficient (Wildman–Crippen LogP) is 1.77. The summed E-state index contributed by atoms with van der Waals surface area (Å²) in [6.07, 6.45) is -1.81. The van der Waals surface area contributed by atoms with Gasteiger partial charge in [-0.15, -0.1) is 11.3 Å². The van der Waals surface area contributed by atoms with Gasteiger partial charge < -0.3 is 15.9 Å². The molecule has 2 unspecified atom stereocenters. The van der Waals surface area contributed by atoms with Crippen molar-refractivity contribution in [1.29, 1.82) is 0 Å². The summed E-state index contributed by atoms with van der Waals surface area (Å²) in [5.74, 6) is 0. The summed E-state index contributed by atoms with van der Waals surface area (Å²) in [6, 6.07) is 11.8. The molecule has 2 aromatic rings. The number of benzene rings is 1. The zero-order valence-corrected chi connectivity index (χ0v) is 10.1. The molecule has 0 bridgehead atoms. The van der Waals surface area contributed by atoms with Crippen LogP contribution in [0.1, 0.15) is 11.0 Å².